The van der Waals surface area contributed by atoms with Crippen molar-refractivity contribution in [3.8, 4) is 5.69 Å². The monoisotopic (exact) mass is 385 g/mol. The van der Waals surface area contributed by atoms with Gasteiger partial charge in [0.15, 0.2) is 0 Å². The zero-order chi connectivity index (χ0) is 17.0. The van der Waals surface area contributed by atoms with E-state index in [4.69, 9.17) is 5.73 Å². The zero-order valence-electron chi connectivity index (χ0n) is 12.1. The molecule has 0 aliphatic heterocycles. The third-order valence-electron chi connectivity index (χ3n) is 2.95. The maximum absolute atomic E-state index is 12.8. The molecule has 8 nitrogen and oxygen atoms in total. The Kier molecular flexibility index (Phi) is 5.27. The van der Waals surface area contributed by atoms with E-state index in [0.717, 1.165) is 10.2 Å². The van der Waals surface area contributed by atoms with Crippen molar-refractivity contribution in [3.05, 3.63) is 51.1 Å². The van der Waals surface area contributed by atoms with Gasteiger partial charge in [0, 0.05) is 5.57 Å². The summed E-state index contributed by atoms with van der Waals surface area (Å²) in [6, 6.07) is 1.76. The molecule has 0 aliphatic carbocycles. The van der Waals surface area contributed by atoms with Crippen LogP contribution in [0.15, 0.2) is 39.9 Å². The Labute approximate surface area is 138 Å². The first-order chi connectivity index (χ1) is 10.9. The minimum absolute atomic E-state index is 0.0433. The van der Waals surface area contributed by atoms with Gasteiger partial charge in [-0.15, -0.1) is 0 Å². The van der Waals surface area contributed by atoms with Crippen LogP contribution in [0.2, 0.25) is 0 Å². The van der Waals surface area contributed by atoms with E-state index in [-0.39, 0.29) is 25.1 Å². The molecule has 0 radical (unpaired) electrons. The Bertz CT molecular complexity index is 814. The smallest absolute Gasteiger partial charge is 0.404 e. The maximum Gasteiger partial charge on any atom is 0.404 e. The number of carbonyl (C=O) groups excluding carboxylic acids is 1. The van der Waals surface area contributed by atoms with E-state index in [1.54, 1.807) is 6.07 Å². The fourth-order valence-electron chi connectivity index (χ4n) is 1.85. The molecule has 0 saturated carbocycles. The normalized spacial score (nSPS) is 11.5. The maximum atomic E-state index is 12.8. The highest BCUT2D eigenvalue weighted by molar-refractivity contribution is 9.10. The molecule has 0 saturated heterocycles. The lowest BCUT2D eigenvalue weighted by Crippen LogP contribution is -2.26. The lowest BCUT2D eigenvalue weighted by atomic mass is 10.2. The molecular formula is C13H13BrFN5O3. The highest BCUT2D eigenvalue weighted by atomic mass is 79.9. The third-order valence-corrected chi connectivity index (χ3v) is 3.38. The van der Waals surface area contributed by atoms with Gasteiger partial charge in [-0.25, -0.2) is 28.2 Å². The average molecular weight is 386 g/mol. The molecular weight excluding hydrogens is 373 g/mol. The van der Waals surface area contributed by atoms with Crippen LogP contribution < -0.4 is 11.4 Å². The van der Waals surface area contributed by atoms with Gasteiger partial charge >= 0.3 is 11.8 Å². The predicted molar refractivity (Wildman–Crippen MR) is 82.8 cm³/mol. The second-order valence-electron chi connectivity index (χ2n) is 4.61. The van der Waals surface area contributed by atoms with Crippen molar-refractivity contribution in [2.45, 2.75) is 13.5 Å². The van der Waals surface area contributed by atoms with E-state index in [0.29, 0.717) is 10.3 Å². The Morgan fingerprint density at radius 1 is 1.57 bits per heavy atom. The SMILES string of the molecule is Cc1cc(Br)ncc1-n1cnn(C/C(=C\F)COC(N)=O)c1=O. The van der Waals surface area contributed by atoms with Crippen LogP contribution in [0.25, 0.3) is 5.69 Å². The van der Waals surface area contributed by atoms with Crippen molar-refractivity contribution in [3.63, 3.8) is 0 Å². The summed E-state index contributed by atoms with van der Waals surface area (Å²) < 4.78 is 20.3. The van der Waals surface area contributed by atoms with Crippen LogP contribution in [0.1, 0.15) is 5.56 Å². The molecule has 0 spiro atoms. The molecule has 2 N–H and O–H groups in total. The van der Waals surface area contributed by atoms with Gasteiger partial charge in [0.1, 0.15) is 17.5 Å². The van der Waals surface area contributed by atoms with Gasteiger partial charge in [0.2, 0.25) is 0 Å². The standard InChI is InChI=1S/C13H13BrFN5O3/c1-8-2-11(14)17-4-10(8)19-7-18-20(13(19)22)5-9(3-15)6-23-12(16)21/h2-4,7H,5-6H2,1H3,(H2,16,21)/b9-3+. The topological polar surface area (TPSA) is 105 Å². The first-order valence-electron chi connectivity index (χ1n) is 6.39. The summed E-state index contributed by atoms with van der Waals surface area (Å²) in [5, 5.41) is 3.92. The first-order valence-corrected chi connectivity index (χ1v) is 7.19. The second kappa shape index (κ2) is 7.18. The van der Waals surface area contributed by atoms with Crippen LogP contribution in [0.3, 0.4) is 0 Å². The molecule has 10 heteroatoms. The highest BCUT2D eigenvalue weighted by Gasteiger charge is 2.12. The molecule has 1 amide bonds. The Morgan fingerprint density at radius 2 is 2.30 bits per heavy atom. The number of halogens is 2. The number of carbonyl (C=O) groups is 1. The van der Waals surface area contributed by atoms with E-state index >= 15 is 0 Å². The van der Waals surface area contributed by atoms with Crippen molar-refractivity contribution >= 4 is 22.0 Å². The summed E-state index contributed by atoms with van der Waals surface area (Å²) in [6.07, 6.45) is 2.06. The molecule has 0 bridgehead atoms. The Hall–Kier alpha value is -2.49. The van der Waals surface area contributed by atoms with E-state index < -0.39 is 11.8 Å². The van der Waals surface area contributed by atoms with Gasteiger partial charge in [-0.3, -0.25) is 0 Å². The van der Waals surface area contributed by atoms with E-state index in [1.807, 2.05) is 6.92 Å². The predicted octanol–water partition coefficient (Wildman–Crippen LogP) is 1.45. The fourth-order valence-corrected chi connectivity index (χ4v) is 2.29. The number of pyridine rings is 1. The molecule has 23 heavy (non-hydrogen) atoms. The number of hydrogen-bond donors (Lipinski definition) is 1. The molecule has 2 aromatic rings. The quantitative estimate of drug-likeness (QED) is 0.784. The number of rotatable bonds is 5. The molecule has 0 atom stereocenters. The molecule has 2 rings (SSSR count). The van der Waals surface area contributed by atoms with Crippen molar-refractivity contribution in [2.75, 3.05) is 6.61 Å². The second-order valence-corrected chi connectivity index (χ2v) is 5.42. The number of nitrogens with zero attached hydrogens (tertiary/aromatic N) is 4. The van der Waals surface area contributed by atoms with Gasteiger partial charge < -0.3 is 10.5 Å². The van der Waals surface area contributed by atoms with Crippen LogP contribution in [0.4, 0.5) is 9.18 Å². The summed E-state index contributed by atoms with van der Waals surface area (Å²) in [6.45, 7) is 1.29. The van der Waals surface area contributed by atoms with Crippen LogP contribution in [-0.4, -0.2) is 32.0 Å². The van der Waals surface area contributed by atoms with Crippen molar-refractivity contribution in [2.24, 2.45) is 5.73 Å². The molecule has 2 aromatic heterocycles. The number of ether oxygens (including phenoxy) is 1. The van der Waals surface area contributed by atoms with Crippen molar-refractivity contribution in [1.82, 2.24) is 19.3 Å². The van der Waals surface area contributed by atoms with E-state index in [2.05, 4.69) is 30.7 Å². The van der Waals surface area contributed by atoms with Crippen LogP contribution in [0.5, 0.6) is 0 Å². The van der Waals surface area contributed by atoms with Crippen molar-refractivity contribution < 1.29 is 13.9 Å². The zero-order valence-corrected chi connectivity index (χ0v) is 13.7. The van der Waals surface area contributed by atoms with Crippen molar-refractivity contribution in [1.29, 1.82) is 0 Å². The summed E-state index contributed by atoms with van der Waals surface area (Å²) in [4.78, 5) is 27.0. The number of aryl methyl sites for hydroxylation is 1. The minimum Gasteiger partial charge on any atom is -0.445 e. The first kappa shape index (κ1) is 16.9. The molecule has 0 aliphatic rings. The highest BCUT2D eigenvalue weighted by Crippen LogP contribution is 2.15. The number of primary amides is 1. The van der Waals surface area contributed by atoms with Crippen LogP contribution >= 0.6 is 15.9 Å². The average Bonchev–Trinajstić information content (AvgIpc) is 2.84. The van der Waals surface area contributed by atoms with Gasteiger partial charge in [0.25, 0.3) is 0 Å². The van der Waals surface area contributed by atoms with Gasteiger partial charge in [0.05, 0.1) is 24.8 Å². The van der Waals surface area contributed by atoms with Crippen LogP contribution in [-0.2, 0) is 11.3 Å². The minimum atomic E-state index is -1.03. The Morgan fingerprint density at radius 3 is 2.91 bits per heavy atom. The summed E-state index contributed by atoms with van der Waals surface area (Å²) in [7, 11) is 0. The molecule has 2 heterocycles. The van der Waals surface area contributed by atoms with Gasteiger partial charge in [-0.1, -0.05) is 0 Å². The molecule has 0 aromatic carbocycles. The lowest BCUT2D eigenvalue weighted by molar-refractivity contribution is 0.164. The lowest BCUT2D eigenvalue weighted by Gasteiger charge is -2.06. The molecule has 122 valence electrons. The Balaban J connectivity index is 2.25. The van der Waals surface area contributed by atoms with Crippen LogP contribution in [0, 0.1) is 6.92 Å². The summed E-state index contributed by atoms with van der Waals surface area (Å²) >= 11 is 3.24. The molecule has 0 unspecified atom stereocenters. The fraction of sp³-hybridized carbons (Fsp3) is 0.231. The van der Waals surface area contributed by atoms with Gasteiger partial charge in [-0.05, 0) is 34.5 Å². The number of aromatic nitrogens is 4. The number of amides is 1. The third kappa shape index (κ3) is 4.03. The molecule has 0 fully saturated rings. The van der Waals surface area contributed by atoms with Gasteiger partial charge in [-0.2, -0.15) is 5.10 Å². The largest absolute Gasteiger partial charge is 0.445 e. The van der Waals surface area contributed by atoms with E-state index in [1.165, 1.54) is 17.1 Å². The number of hydrogen-bond acceptors (Lipinski definition) is 5. The summed E-state index contributed by atoms with van der Waals surface area (Å²) in [5.74, 6) is 0. The number of nitrogens with two attached hydrogens (primary N) is 1. The summed E-state index contributed by atoms with van der Waals surface area (Å²) in [5.41, 5.74) is 5.76. The van der Waals surface area contributed by atoms with E-state index in [9.17, 15) is 14.0 Å².